The zero-order valence-electron chi connectivity index (χ0n) is 11.5. The van der Waals surface area contributed by atoms with Gasteiger partial charge in [-0.05, 0) is 17.7 Å². The van der Waals surface area contributed by atoms with E-state index in [2.05, 4.69) is 0 Å². The predicted molar refractivity (Wildman–Crippen MR) is 71.3 cm³/mol. The van der Waals surface area contributed by atoms with Crippen LogP contribution in [0.5, 0.6) is 5.75 Å². The molecular formula is C14H17NO7. The molecule has 0 aromatic heterocycles. The van der Waals surface area contributed by atoms with Gasteiger partial charge in [0.25, 0.3) is 0 Å². The molecule has 1 fully saturated rings. The fraction of sp³-hybridized carbons (Fsp3) is 0.500. The van der Waals surface area contributed by atoms with E-state index in [4.69, 9.17) is 14.6 Å². The van der Waals surface area contributed by atoms with Crippen molar-refractivity contribution in [1.29, 1.82) is 5.26 Å². The molecule has 0 unspecified atom stereocenters. The number of ether oxygens (including phenoxy) is 2. The van der Waals surface area contributed by atoms with Gasteiger partial charge in [0.05, 0.1) is 12.7 Å². The van der Waals surface area contributed by atoms with E-state index in [1.807, 2.05) is 6.07 Å². The molecule has 1 aromatic carbocycles. The van der Waals surface area contributed by atoms with E-state index < -0.39 is 43.4 Å². The summed E-state index contributed by atoms with van der Waals surface area (Å²) in [4.78, 5) is 0. The van der Waals surface area contributed by atoms with Crippen molar-refractivity contribution in [2.24, 2.45) is 0 Å². The van der Waals surface area contributed by atoms with Gasteiger partial charge >= 0.3 is 0 Å². The number of aliphatic hydroxyl groups is 4. The Morgan fingerprint density at radius 1 is 1.14 bits per heavy atom. The highest BCUT2D eigenvalue weighted by molar-refractivity contribution is 5.29. The summed E-state index contributed by atoms with van der Waals surface area (Å²) in [5.41, 5.74) is 0.414. The summed E-state index contributed by atoms with van der Waals surface area (Å²) in [6.07, 6.45) is -8.27. The Balaban J connectivity index is 2.13. The van der Waals surface area contributed by atoms with Gasteiger partial charge in [0.1, 0.15) is 30.2 Å². The van der Waals surface area contributed by atoms with Crippen LogP contribution in [-0.4, -0.2) is 62.8 Å². The van der Waals surface area contributed by atoms with E-state index in [0.29, 0.717) is 5.56 Å². The molecule has 8 nitrogen and oxygen atoms in total. The second-order valence-corrected chi connectivity index (χ2v) is 4.93. The Kier molecular flexibility index (Phi) is 5.31. The summed E-state index contributed by atoms with van der Waals surface area (Å²) < 4.78 is 10.5. The first kappa shape index (κ1) is 16.6. The van der Waals surface area contributed by atoms with Gasteiger partial charge in [0.15, 0.2) is 12.4 Å². The standard InChI is InChI=1S/C14H17NO7/c15-5-9(7-1-3-8(17)4-2-7)21-14-13(20)12(19)11(18)10(6-16)22-14/h1-4,9-14,16-20H,6H2/t9-,10+,11+,12-,13+,14+/m0/s1. The Labute approximate surface area is 126 Å². The molecule has 22 heavy (non-hydrogen) atoms. The van der Waals surface area contributed by atoms with Crippen molar-refractivity contribution < 1.29 is 35.0 Å². The number of hydrogen-bond donors (Lipinski definition) is 5. The van der Waals surface area contributed by atoms with E-state index in [9.17, 15) is 25.7 Å². The Morgan fingerprint density at radius 3 is 2.32 bits per heavy atom. The molecule has 6 atom stereocenters. The number of nitriles is 1. The van der Waals surface area contributed by atoms with Gasteiger partial charge in [0, 0.05) is 0 Å². The lowest BCUT2D eigenvalue weighted by molar-refractivity contribution is -0.307. The third kappa shape index (κ3) is 3.36. The first-order valence-electron chi connectivity index (χ1n) is 6.62. The third-order valence-corrected chi connectivity index (χ3v) is 3.43. The van der Waals surface area contributed by atoms with Crippen molar-refractivity contribution in [2.75, 3.05) is 6.61 Å². The minimum Gasteiger partial charge on any atom is -0.508 e. The summed E-state index contributed by atoms with van der Waals surface area (Å²) in [6, 6.07) is 7.54. The van der Waals surface area contributed by atoms with Gasteiger partial charge in [-0.1, -0.05) is 12.1 Å². The van der Waals surface area contributed by atoms with Gasteiger partial charge in [-0.25, -0.2) is 0 Å². The maximum absolute atomic E-state index is 9.87. The van der Waals surface area contributed by atoms with Crippen molar-refractivity contribution in [2.45, 2.75) is 36.8 Å². The summed E-state index contributed by atoms with van der Waals surface area (Å²) in [7, 11) is 0. The van der Waals surface area contributed by atoms with Crippen LogP contribution in [0.2, 0.25) is 0 Å². The number of benzene rings is 1. The summed E-state index contributed by atoms with van der Waals surface area (Å²) in [5.74, 6) is 0.0216. The van der Waals surface area contributed by atoms with E-state index >= 15 is 0 Å². The highest BCUT2D eigenvalue weighted by Crippen LogP contribution is 2.27. The second-order valence-electron chi connectivity index (χ2n) is 4.93. The molecular weight excluding hydrogens is 294 g/mol. The zero-order chi connectivity index (χ0) is 16.3. The fourth-order valence-electron chi connectivity index (χ4n) is 2.15. The van der Waals surface area contributed by atoms with Crippen molar-refractivity contribution in [3.63, 3.8) is 0 Å². The average Bonchev–Trinajstić information content (AvgIpc) is 2.53. The maximum atomic E-state index is 9.87. The van der Waals surface area contributed by atoms with Crippen LogP contribution in [0, 0.1) is 11.3 Å². The highest BCUT2D eigenvalue weighted by atomic mass is 16.7. The van der Waals surface area contributed by atoms with Crippen molar-refractivity contribution in [3.05, 3.63) is 29.8 Å². The molecule has 0 saturated carbocycles. The lowest BCUT2D eigenvalue weighted by Crippen LogP contribution is -2.59. The Morgan fingerprint density at radius 2 is 1.77 bits per heavy atom. The summed E-state index contributed by atoms with van der Waals surface area (Å²) >= 11 is 0. The molecule has 0 amide bonds. The van der Waals surface area contributed by atoms with Crippen molar-refractivity contribution in [3.8, 4) is 11.8 Å². The van der Waals surface area contributed by atoms with Crippen LogP contribution in [-0.2, 0) is 9.47 Å². The van der Waals surface area contributed by atoms with Gasteiger partial charge in [-0.2, -0.15) is 5.26 Å². The quantitative estimate of drug-likeness (QED) is 0.465. The first-order chi connectivity index (χ1) is 10.5. The van der Waals surface area contributed by atoms with Crippen LogP contribution in [0.3, 0.4) is 0 Å². The average molecular weight is 311 g/mol. The molecule has 0 aliphatic carbocycles. The normalized spacial score (nSPS) is 33.1. The Bertz CT molecular complexity index is 527. The molecule has 0 radical (unpaired) electrons. The van der Waals surface area contributed by atoms with Crippen molar-refractivity contribution in [1.82, 2.24) is 0 Å². The molecule has 120 valence electrons. The number of nitrogens with zero attached hydrogens (tertiary/aromatic N) is 1. The summed E-state index contributed by atoms with van der Waals surface area (Å²) in [6.45, 7) is -0.582. The summed E-state index contributed by atoms with van der Waals surface area (Å²) in [5, 5.41) is 56.7. The molecule has 2 rings (SSSR count). The van der Waals surface area contributed by atoms with E-state index in [-0.39, 0.29) is 5.75 Å². The minimum absolute atomic E-state index is 0.0216. The topological polar surface area (TPSA) is 143 Å². The molecule has 1 aliphatic rings. The number of phenols is 1. The Hall–Kier alpha value is -1.73. The molecule has 0 bridgehead atoms. The van der Waals surface area contributed by atoms with Gasteiger partial charge in [0.2, 0.25) is 0 Å². The number of rotatable bonds is 4. The van der Waals surface area contributed by atoms with Crippen LogP contribution >= 0.6 is 0 Å². The highest BCUT2D eigenvalue weighted by Gasteiger charge is 2.44. The van der Waals surface area contributed by atoms with Crippen LogP contribution in [0.4, 0.5) is 0 Å². The second kappa shape index (κ2) is 7.02. The van der Waals surface area contributed by atoms with E-state index in [1.54, 1.807) is 0 Å². The molecule has 5 N–H and O–H groups in total. The number of aliphatic hydroxyl groups excluding tert-OH is 4. The SMILES string of the molecule is N#C[C@H](O[C@@H]1O[C@H](CO)[C@@H](O)[C@H](O)[C@H]1O)c1ccc(O)cc1. The lowest BCUT2D eigenvalue weighted by atomic mass is 9.99. The van der Waals surface area contributed by atoms with Crippen LogP contribution in [0.15, 0.2) is 24.3 Å². The number of phenolic OH excluding ortho intramolecular Hbond substituents is 1. The van der Waals surface area contributed by atoms with Crippen molar-refractivity contribution >= 4 is 0 Å². The van der Waals surface area contributed by atoms with E-state index in [0.717, 1.165) is 0 Å². The predicted octanol–water partition coefficient (Wildman–Crippen LogP) is -1.23. The van der Waals surface area contributed by atoms with Gasteiger partial charge in [-0.3, -0.25) is 0 Å². The van der Waals surface area contributed by atoms with Gasteiger partial charge in [-0.15, -0.1) is 0 Å². The van der Waals surface area contributed by atoms with Crippen LogP contribution in [0.25, 0.3) is 0 Å². The fourth-order valence-corrected chi connectivity index (χ4v) is 2.15. The molecule has 1 aromatic rings. The zero-order valence-corrected chi connectivity index (χ0v) is 11.5. The molecule has 0 spiro atoms. The number of hydrogen-bond acceptors (Lipinski definition) is 8. The van der Waals surface area contributed by atoms with E-state index in [1.165, 1.54) is 24.3 Å². The molecule has 1 aliphatic heterocycles. The smallest absolute Gasteiger partial charge is 0.188 e. The molecule has 1 heterocycles. The minimum atomic E-state index is -1.58. The third-order valence-electron chi connectivity index (χ3n) is 3.43. The monoisotopic (exact) mass is 311 g/mol. The van der Waals surface area contributed by atoms with Crippen LogP contribution in [0.1, 0.15) is 11.7 Å². The lowest BCUT2D eigenvalue weighted by Gasteiger charge is -2.40. The molecule has 1 saturated heterocycles. The van der Waals surface area contributed by atoms with Crippen LogP contribution < -0.4 is 0 Å². The maximum Gasteiger partial charge on any atom is 0.188 e. The molecule has 8 heteroatoms. The van der Waals surface area contributed by atoms with Gasteiger partial charge < -0.3 is 35.0 Å². The first-order valence-corrected chi connectivity index (χ1v) is 6.62. The largest absolute Gasteiger partial charge is 0.508 e. The number of aromatic hydroxyl groups is 1.